The lowest BCUT2D eigenvalue weighted by Gasteiger charge is -2.13. The summed E-state index contributed by atoms with van der Waals surface area (Å²) in [6, 6.07) is 0.197. The van der Waals surface area contributed by atoms with Crippen molar-refractivity contribution < 1.29 is 4.79 Å². The average Bonchev–Trinajstić information content (AvgIpc) is 3.09. The van der Waals surface area contributed by atoms with Crippen LogP contribution in [0.4, 0.5) is 5.69 Å². The normalized spacial score (nSPS) is 15.2. The summed E-state index contributed by atoms with van der Waals surface area (Å²) < 4.78 is 0. The molecule has 4 N–H and O–H groups in total. The second-order valence-corrected chi connectivity index (χ2v) is 4.66. The molecule has 0 radical (unpaired) electrons. The highest BCUT2D eigenvalue weighted by Crippen LogP contribution is 2.42. The van der Waals surface area contributed by atoms with E-state index in [2.05, 4.69) is 29.4 Å². The number of hydrogen-bond acceptors (Lipinski definition) is 3. The van der Waals surface area contributed by atoms with Gasteiger partial charge in [-0.25, -0.2) is 0 Å². The highest BCUT2D eigenvalue weighted by Gasteiger charge is 2.30. The summed E-state index contributed by atoms with van der Waals surface area (Å²) in [6.45, 7) is 4.11. The third-order valence-corrected chi connectivity index (χ3v) is 3.35. The first kappa shape index (κ1) is 12.0. The van der Waals surface area contributed by atoms with Crippen molar-refractivity contribution in [3.8, 4) is 0 Å². The largest absolute Gasteiger partial charge is 0.395 e. The summed E-state index contributed by atoms with van der Waals surface area (Å²) in [5.41, 5.74) is 7.75. The second kappa shape index (κ2) is 4.77. The Balaban J connectivity index is 2.08. The lowest BCUT2D eigenvalue weighted by Crippen LogP contribution is -2.34. The van der Waals surface area contributed by atoms with Crippen LogP contribution in [0, 0.1) is 0 Å². The van der Waals surface area contributed by atoms with Crippen molar-refractivity contribution in [1.82, 2.24) is 15.5 Å². The minimum Gasteiger partial charge on any atom is -0.395 e. The van der Waals surface area contributed by atoms with Gasteiger partial charge in [-0.15, -0.1) is 0 Å². The van der Waals surface area contributed by atoms with Crippen molar-refractivity contribution in [3.05, 3.63) is 11.4 Å². The van der Waals surface area contributed by atoms with Crippen molar-refractivity contribution in [2.24, 2.45) is 0 Å². The van der Waals surface area contributed by atoms with Crippen LogP contribution < -0.4 is 11.1 Å². The van der Waals surface area contributed by atoms with Gasteiger partial charge in [-0.2, -0.15) is 5.10 Å². The van der Waals surface area contributed by atoms with E-state index < -0.39 is 0 Å². The van der Waals surface area contributed by atoms with Crippen LogP contribution in [0.3, 0.4) is 0 Å². The fraction of sp³-hybridized carbons (Fsp3) is 0.667. The zero-order valence-corrected chi connectivity index (χ0v) is 10.4. The number of aromatic nitrogens is 2. The van der Waals surface area contributed by atoms with E-state index in [0.29, 0.717) is 17.3 Å². The molecule has 0 unspecified atom stereocenters. The van der Waals surface area contributed by atoms with Gasteiger partial charge in [0.05, 0.1) is 11.4 Å². The first-order valence-electron chi connectivity index (χ1n) is 6.31. The van der Waals surface area contributed by atoms with Gasteiger partial charge in [0.2, 0.25) is 0 Å². The average molecular weight is 236 g/mol. The zero-order chi connectivity index (χ0) is 12.4. The number of carbonyl (C=O) groups is 1. The number of aromatic amines is 1. The molecular formula is C12H20N4O. The Labute approximate surface area is 101 Å². The molecule has 17 heavy (non-hydrogen) atoms. The quantitative estimate of drug-likeness (QED) is 0.728. The molecule has 5 heteroatoms. The number of nitrogen functional groups attached to an aromatic ring is 1. The molecule has 1 fully saturated rings. The highest BCUT2D eigenvalue weighted by atomic mass is 16.2. The van der Waals surface area contributed by atoms with Crippen LogP contribution in [-0.2, 0) is 0 Å². The summed E-state index contributed by atoms with van der Waals surface area (Å²) in [5, 5.41) is 9.87. The van der Waals surface area contributed by atoms with Gasteiger partial charge >= 0.3 is 0 Å². The number of rotatable bonds is 5. The van der Waals surface area contributed by atoms with Crippen LogP contribution in [0.5, 0.6) is 0 Å². The number of nitrogens with one attached hydrogen (secondary N) is 2. The Morgan fingerprint density at radius 2 is 2.18 bits per heavy atom. The van der Waals surface area contributed by atoms with Gasteiger partial charge in [0.1, 0.15) is 0 Å². The minimum absolute atomic E-state index is 0.167. The van der Waals surface area contributed by atoms with Crippen molar-refractivity contribution in [2.45, 2.75) is 51.5 Å². The molecule has 0 bridgehead atoms. The summed E-state index contributed by atoms with van der Waals surface area (Å²) >= 11 is 0. The van der Waals surface area contributed by atoms with E-state index in [-0.39, 0.29) is 11.9 Å². The van der Waals surface area contributed by atoms with Crippen molar-refractivity contribution in [2.75, 3.05) is 5.73 Å². The van der Waals surface area contributed by atoms with Crippen molar-refractivity contribution >= 4 is 11.6 Å². The van der Waals surface area contributed by atoms with Gasteiger partial charge < -0.3 is 11.1 Å². The molecule has 0 spiro atoms. The zero-order valence-electron chi connectivity index (χ0n) is 10.4. The molecule has 0 atom stereocenters. The lowest BCUT2D eigenvalue weighted by atomic mass is 10.1. The number of H-pyrrole nitrogens is 1. The third-order valence-electron chi connectivity index (χ3n) is 3.35. The van der Waals surface area contributed by atoms with Crippen LogP contribution in [-0.4, -0.2) is 22.1 Å². The maximum Gasteiger partial charge on any atom is 0.274 e. The van der Waals surface area contributed by atoms with Crippen LogP contribution in [0.2, 0.25) is 0 Å². The first-order valence-corrected chi connectivity index (χ1v) is 6.31. The van der Waals surface area contributed by atoms with Gasteiger partial charge in [0, 0.05) is 12.0 Å². The predicted molar refractivity (Wildman–Crippen MR) is 66.8 cm³/mol. The van der Waals surface area contributed by atoms with E-state index in [4.69, 9.17) is 5.73 Å². The molecular weight excluding hydrogens is 216 g/mol. The monoisotopic (exact) mass is 236 g/mol. The maximum absolute atomic E-state index is 12.0. The number of nitrogens with zero attached hydrogens (tertiary/aromatic N) is 1. The molecule has 94 valence electrons. The van der Waals surface area contributed by atoms with E-state index >= 15 is 0 Å². The molecule has 5 nitrogen and oxygen atoms in total. The Morgan fingerprint density at radius 1 is 1.53 bits per heavy atom. The van der Waals surface area contributed by atoms with Crippen molar-refractivity contribution in [1.29, 1.82) is 0 Å². The molecule has 2 rings (SSSR count). The van der Waals surface area contributed by atoms with Crippen LogP contribution >= 0.6 is 0 Å². The smallest absolute Gasteiger partial charge is 0.274 e. The fourth-order valence-corrected chi connectivity index (χ4v) is 1.97. The van der Waals surface area contributed by atoms with E-state index in [1.165, 1.54) is 0 Å². The Morgan fingerprint density at radius 3 is 2.71 bits per heavy atom. The number of anilines is 1. The van der Waals surface area contributed by atoms with Crippen LogP contribution in [0.1, 0.15) is 61.6 Å². The van der Waals surface area contributed by atoms with Gasteiger partial charge in [-0.05, 0) is 25.7 Å². The van der Waals surface area contributed by atoms with Crippen molar-refractivity contribution in [3.63, 3.8) is 0 Å². The molecule has 1 aliphatic rings. The molecule has 0 aliphatic heterocycles. The Kier molecular flexibility index (Phi) is 3.36. The number of amides is 1. The molecule has 0 aromatic carbocycles. The number of carbonyl (C=O) groups excluding carboxylic acids is 1. The molecule has 1 aromatic heterocycles. The predicted octanol–water partition coefficient (Wildman–Crippen LogP) is 1.79. The molecule has 1 saturated carbocycles. The van der Waals surface area contributed by atoms with E-state index in [1.54, 1.807) is 0 Å². The van der Waals surface area contributed by atoms with E-state index in [0.717, 1.165) is 31.4 Å². The Hall–Kier alpha value is -1.52. The molecule has 0 saturated heterocycles. The molecule has 1 heterocycles. The van der Waals surface area contributed by atoms with E-state index in [1.807, 2.05) is 0 Å². The maximum atomic E-state index is 12.0. The highest BCUT2D eigenvalue weighted by molar-refractivity contribution is 5.97. The lowest BCUT2D eigenvalue weighted by molar-refractivity contribution is 0.0930. The third kappa shape index (κ3) is 2.43. The molecule has 1 aliphatic carbocycles. The van der Waals surface area contributed by atoms with Gasteiger partial charge in [-0.1, -0.05) is 13.8 Å². The summed E-state index contributed by atoms with van der Waals surface area (Å²) in [6.07, 6.45) is 4.12. The first-order chi connectivity index (χ1) is 8.17. The molecule has 1 aromatic rings. The number of nitrogens with two attached hydrogens (primary N) is 1. The summed E-state index contributed by atoms with van der Waals surface area (Å²) in [4.78, 5) is 12.0. The summed E-state index contributed by atoms with van der Waals surface area (Å²) in [5.74, 6) is 0.316. The number of hydrogen-bond donors (Lipinski definition) is 3. The van der Waals surface area contributed by atoms with Crippen LogP contribution in [0.15, 0.2) is 0 Å². The second-order valence-electron chi connectivity index (χ2n) is 4.66. The summed E-state index contributed by atoms with van der Waals surface area (Å²) in [7, 11) is 0. The van der Waals surface area contributed by atoms with E-state index in [9.17, 15) is 4.79 Å². The SMILES string of the molecule is CCC(CC)NC(=O)c1n[nH]c(C2CC2)c1N. The minimum atomic E-state index is -0.167. The van der Waals surface area contributed by atoms with Gasteiger partial charge in [0.15, 0.2) is 5.69 Å². The molecule has 1 amide bonds. The fourth-order valence-electron chi connectivity index (χ4n) is 1.97. The van der Waals surface area contributed by atoms with Gasteiger partial charge in [0.25, 0.3) is 5.91 Å². The van der Waals surface area contributed by atoms with Gasteiger partial charge in [-0.3, -0.25) is 9.89 Å². The van der Waals surface area contributed by atoms with Crippen LogP contribution in [0.25, 0.3) is 0 Å². The standard InChI is InChI=1S/C12H20N4O/c1-3-8(4-2)14-12(17)11-9(13)10(15-16-11)7-5-6-7/h7-8H,3-6,13H2,1-2H3,(H,14,17)(H,15,16). The topological polar surface area (TPSA) is 83.8 Å². The Bertz CT molecular complexity index is 405.